The van der Waals surface area contributed by atoms with Gasteiger partial charge in [-0.15, -0.1) is 0 Å². The van der Waals surface area contributed by atoms with Gasteiger partial charge in [0.2, 0.25) is 5.91 Å². The normalized spacial score (nSPS) is 15.2. The number of nitrogens with one attached hydrogen (secondary N) is 3. The molecule has 0 atom stereocenters. The zero-order chi connectivity index (χ0) is 22.9. The fraction of sp³-hybridized carbons (Fsp3) is 0.609. The van der Waals surface area contributed by atoms with E-state index in [1.54, 1.807) is 12.1 Å². The highest BCUT2D eigenvalue weighted by Crippen LogP contribution is 2.12. The van der Waals surface area contributed by atoms with Gasteiger partial charge >= 0.3 is 6.09 Å². The van der Waals surface area contributed by atoms with Crippen LogP contribution in [-0.4, -0.2) is 60.6 Å². The number of nitrogens with zero attached hydrogens (tertiary/aromatic N) is 1. The molecule has 3 amide bonds. The lowest BCUT2D eigenvalue weighted by Crippen LogP contribution is -2.47. The van der Waals surface area contributed by atoms with Crippen LogP contribution in [0.5, 0.6) is 0 Å². The van der Waals surface area contributed by atoms with Crippen LogP contribution in [0.2, 0.25) is 0 Å². The fourth-order valence-corrected chi connectivity index (χ4v) is 3.29. The average Bonchev–Trinajstić information content (AvgIpc) is 2.71. The summed E-state index contributed by atoms with van der Waals surface area (Å²) in [5.74, 6) is -0.0450. The van der Waals surface area contributed by atoms with Gasteiger partial charge in [-0.25, -0.2) is 4.79 Å². The predicted octanol–water partition coefficient (Wildman–Crippen LogP) is 2.43. The van der Waals surface area contributed by atoms with E-state index in [-0.39, 0.29) is 17.9 Å². The Kier molecular flexibility index (Phi) is 9.30. The molecule has 0 radical (unpaired) electrons. The number of likely N-dealkylation sites (tertiary alicyclic amines) is 1. The summed E-state index contributed by atoms with van der Waals surface area (Å²) in [6.45, 7) is 10.5. The maximum atomic E-state index is 12.5. The second-order valence-electron chi connectivity index (χ2n) is 8.93. The number of amides is 3. The number of carbonyl (C=O) groups excluding carboxylic acids is 3. The number of benzene rings is 1. The summed E-state index contributed by atoms with van der Waals surface area (Å²) in [5.41, 5.74) is 0.934. The molecule has 1 aromatic carbocycles. The molecule has 0 bridgehead atoms. The Morgan fingerprint density at radius 3 is 2.29 bits per heavy atom. The third kappa shape index (κ3) is 9.38. The van der Waals surface area contributed by atoms with Crippen molar-refractivity contribution in [1.82, 2.24) is 20.9 Å². The summed E-state index contributed by atoms with van der Waals surface area (Å²) in [6, 6.07) is 7.27. The quantitative estimate of drug-likeness (QED) is 0.586. The molecular weight excluding hydrogens is 396 g/mol. The van der Waals surface area contributed by atoms with Crippen molar-refractivity contribution in [3.63, 3.8) is 0 Å². The van der Waals surface area contributed by atoms with Crippen molar-refractivity contribution in [2.45, 2.75) is 65.1 Å². The molecular formula is C23H36N4O4. The number of carbonyl (C=O) groups is 3. The number of ether oxygens (including phenoxy) is 1. The second kappa shape index (κ2) is 11.7. The maximum Gasteiger partial charge on any atom is 0.407 e. The lowest BCUT2D eigenvalue weighted by molar-refractivity contribution is -0.122. The van der Waals surface area contributed by atoms with Gasteiger partial charge in [0.1, 0.15) is 5.60 Å². The summed E-state index contributed by atoms with van der Waals surface area (Å²) >= 11 is 0. The van der Waals surface area contributed by atoms with Crippen LogP contribution in [0.4, 0.5) is 4.79 Å². The van der Waals surface area contributed by atoms with Crippen LogP contribution in [0, 0.1) is 0 Å². The van der Waals surface area contributed by atoms with Crippen molar-refractivity contribution in [2.75, 3.05) is 26.2 Å². The van der Waals surface area contributed by atoms with Gasteiger partial charge in [-0.1, -0.05) is 19.1 Å². The maximum absolute atomic E-state index is 12.5. The Hall–Kier alpha value is -2.61. The van der Waals surface area contributed by atoms with Crippen LogP contribution in [-0.2, 0) is 16.1 Å². The molecule has 3 N–H and O–H groups in total. The molecule has 0 saturated carbocycles. The number of rotatable bonds is 8. The van der Waals surface area contributed by atoms with Gasteiger partial charge < -0.3 is 20.7 Å². The van der Waals surface area contributed by atoms with Gasteiger partial charge in [0, 0.05) is 37.8 Å². The van der Waals surface area contributed by atoms with E-state index in [4.69, 9.17) is 4.74 Å². The minimum absolute atomic E-state index is 0.0607. The number of piperidine rings is 1. The molecule has 1 aliphatic rings. The van der Waals surface area contributed by atoms with Crippen molar-refractivity contribution >= 4 is 17.9 Å². The molecule has 1 aromatic rings. The molecule has 0 aromatic heterocycles. The first kappa shape index (κ1) is 24.7. The number of hydrogen-bond donors (Lipinski definition) is 3. The van der Waals surface area contributed by atoms with E-state index in [0.717, 1.165) is 37.9 Å². The summed E-state index contributed by atoms with van der Waals surface area (Å²) in [5, 5.41) is 8.68. The standard InChI is InChI=1S/C23H36N4O4/c1-5-12-24-20(28)16-27-13-10-19(11-14-27)26-21(29)18-8-6-17(7-9-18)15-25-22(30)31-23(2,3)4/h6-9,19H,5,10-16H2,1-4H3,(H,24,28)(H,25,30)(H,26,29). The lowest BCUT2D eigenvalue weighted by Gasteiger charge is -2.31. The van der Waals surface area contributed by atoms with Gasteiger partial charge in [0.05, 0.1) is 6.54 Å². The molecule has 2 rings (SSSR count). The van der Waals surface area contributed by atoms with Crippen LogP contribution in [0.15, 0.2) is 24.3 Å². The van der Waals surface area contributed by atoms with Crippen LogP contribution in [0.25, 0.3) is 0 Å². The van der Waals surface area contributed by atoms with Gasteiger partial charge in [0.25, 0.3) is 5.91 Å². The van der Waals surface area contributed by atoms with Crippen LogP contribution in [0.3, 0.4) is 0 Å². The Labute approximate surface area is 185 Å². The number of hydrogen-bond acceptors (Lipinski definition) is 5. The Morgan fingerprint density at radius 2 is 1.71 bits per heavy atom. The molecule has 1 aliphatic heterocycles. The highest BCUT2D eigenvalue weighted by Gasteiger charge is 2.22. The second-order valence-corrected chi connectivity index (χ2v) is 8.93. The molecule has 31 heavy (non-hydrogen) atoms. The van der Waals surface area contributed by atoms with Gasteiger partial charge in [-0.3, -0.25) is 14.5 Å². The third-order valence-electron chi connectivity index (χ3n) is 4.91. The van der Waals surface area contributed by atoms with E-state index in [0.29, 0.717) is 25.2 Å². The first-order chi connectivity index (χ1) is 14.7. The molecule has 0 unspecified atom stereocenters. The summed E-state index contributed by atoms with van der Waals surface area (Å²) < 4.78 is 5.21. The minimum Gasteiger partial charge on any atom is -0.444 e. The molecule has 1 fully saturated rings. The summed E-state index contributed by atoms with van der Waals surface area (Å²) in [6.07, 6.45) is 2.11. The zero-order valence-corrected chi connectivity index (χ0v) is 19.1. The Balaban J connectivity index is 1.73. The monoisotopic (exact) mass is 432 g/mol. The summed E-state index contributed by atoms with van der Waals surface area (Å²) in [4.78, 5) is 38.2. The summed E-state index contributed by atoms with van der Waals surface area (Å²) in [7, 11) is 0. The van der Waals surface area contributed by atoms with Crippen molar-refractivity contribution in [2.24, 2.45) is 0 Å². The van der Waals surface area contributed by atoms with E-state index in [1.165, 1.54) is 0 Å². The Bertz CT molecular complexity index is 735. The lowest BCUT2D eigenvalue weighted by atomic mass is 10.0. The molecule has 0 spiro atoms. The van der Waals surface area contributed by atoms with Crippen molar-refractivity contribution in [3.05, 3.63) is 35.4 Å². The van der Waals surface area contributed by atoms with E-state index in [2.05, 4.69) is 20.9 Å². The molecule has 172 valence electrons. The highest BCUT2D eigenvalue weighted by atomic mass is 16.6. The van der Waals surface area contributed by atoms with Crippen LogP contribution >= 0.6 is 0 Å². The van der Waals surface area contributed by atoms with E-state index < -0.39 is 11.7 Å². The van der Waals surface area contributed by atoms with Crippen molar-refractivity contribution in [3.8, 4) is 0 Å². The van der Waals surface area contributed by atoms with Crippen LogP contribution < -0.4 is 16.0 Å². The zero-order valence-electron chi connectivity index (χ0n) is 19.1. The Morgan fingerprint density at radius 1 is 1.06 bits per heavy atom. The fourth-order valence-electron chi connectivity index (χ4n) is 3.29. The molecule has 8 nitrogen and oxygen atoms in total. The average molecular weight is 433 g/mol. The third-order valence-corrected chi connectivity index (χ3v) is 4.91. The number of alkyl carbamates (subject to hydrolysis) is 1. The molecule has 0 aliphatic carbocycles. The molecule has 1 heterocycles. The minimum atomic E-state index is -0.538. The smallest absolute Gasteiger partial charge is 0.407 e. The van der Waals surface area contributed by atoms with E-state index in [1.807, 2.05) is 39.8 Å². The first-order valence-electron chi connectivity index (χ1n) is 11.0. The van der Waals surface area contributed by atoms with Crippen LogP contribution in [0.1, 0.15) is 62.9 Å². The topological polar surface area (TPSA) is 99.8 Å². The molecule has 1 saturated heterocycles. The SMILES string of the molecule is CCCNC(=O)CN1CCC(NC(=O)c2ccc(CNC(=O)OC(C)(C)C)cc2)CC1. The van der Waals surface area contributed by atoms with E-state index in [9.17, 15) is 14.4 Å². The largest absolute Gasteiger partial charge is 0.444 e. The van der Waals surface area contributed by atoms with Crippen molar-refractivity contribution in [1.29, 1.82) is 0 Å². The van der Waals surface area contributed by atoms with E-state index >= 15 is 0 Å². The van der Waals surface area contributed by atoms with Gasteiger partial charge in [-0.05, 0) is 57.7 Å². The van der Waals surface area contributed by atoms with Crippen molar-refractivity contribution < 1.29 is 19.1 Å². The van der Waals surface area contributed by atoms with Gasteiger partial charge in [-0.2, -0.15) is 0 Å². The predicted molar refractivity (Wildman–Crippen MR) is 120 cm³/mol. The van der Waals surface area contributed by atoms with Gasteiger partial charge in [0.15, 0.2) is 0 Å². The molecule has 8 heteroatoms. The first-order valence-corrected chi connectivity index (χ1v) is 11.0. The highest BCUT2D eigenvalue weighted by molar-refractivity contribution is 5.94.